The van der Waals surface area contributed by atoms with Gasteiger partial charge >= 0.3 is 5.97 Å². The average molecular weight is 340 g/mol. The summed E-state index contributed by atoms with van der Waals surface area (Å²) >= 11 is 3.39. The summed E-state index contributed by atoms with van der Waals surface area (Å²) in [6.45, 7) is 1.95. The maximum absolute atomic E-state index is 12.2. The van der Waals surface area contributed by atoms with Crippen molar-refractivity contribution >= 4 is 33.5 Å². The first-order chi connectivity index (χ1) is 9.47. The number of aryl methyl sites for hydroxylation is 1. The van der Waals surface area contributed by atoms with Crippen LogP contribution >= 0.6 is 15.9 Å². The zero-order valence-electron chi connectivity index (χ0n) is 11.4. The molecule has 20 heavy (non-hydrogen) atoms. The van der Waals surface area contributed by atoms with E-state index in [2.05, 4.69) is 21.2 Å². The molecule has 1 aromatic carbocycles. The first-order valence-electron chi connectivity index (χ1n) is 6.77. The normalized spacial score (nSPS) is 22.3. The quantitative estimate of drug-likeness (QED) is 0.884. The predicted octanol–water partition coefficient (Wildman–Crippen LogP) is 3.59. The fourth-order valence-corrected chi connectivity index (χ4v) is 3.08. The molecule has 0 unspecified atom stereocenters. The molecule has 0 radical (unpaired) electrons. The van der Waals surface area contributed by atoms with Crippen LogP contribution in [0.5, 0.6) is 0 Å². The largest absolute Gasteiger partial charge is 0.481 e. The van der Waals surface area contributed by atoms with Crippen LogP contribution < -0.4 is 5.32 Å². The lowest BCUT2D eigenvalue weighted by atomic mass is 9.81. The van der Waals surface area contributed by atoms with Crippen molar-refractivity contribution in [2.75, 3.05) is 5.32 Å². The molecule has 1 amide bonds. The van der Waals surface area contributed by atoms with Gasteiger partial charge in [-0.05, 0) is 56.4 Å². The van der Waals surface area contributed by atoms with Gasteiger partial charge in [0.05, 0.1) is 5.92 Å². The molecule has 0 atom stereocenters. The third kappa shape index (κ3) is 3.60. The van der Waals surface area contributed by atoms with Crippen LogP contribution in [0.25, 0.3) is 0 Å². The van der Waals surface area contributed by atoms with Crippen LogP contribution in [0.4, 0.5) is 5.69 Å². The van der Waals surface area contributed by atoms with Crippen LogP contribution in [-0.2, 0) is 9.59 Å². The Labute approximate surface area is 126 Å². The minimum Gasteiger partial charge on any atom is -0.481 e. The second-order valence-electron chi connectivity index (χ2n) is 5.34. The number of nitrogens with one attached hydrogen (secondary N) is 1. The van der Waals surface area contributed by atoms with Gasteiger partial charge in [0.15, 0.2) is 0 Å². The van der Waals surface area contributed by atoms with Crippen molar-refractivity contribution in [1.82, 2.24) is 0 Å². The van der Waals surface area contributed by atoms with Gasteiger partial charge in [0.25, 0.3) is 0 Å². The molecule has 1 aliphatic carbocycles. The molecule has 0 aromatic heterocycles. The van der Waals surface area contributed by atoms with Crippen molar-refractivity contribution in [2.45, 2.75) is 32.6 Å². The number of aliphatic carboxylic acids is 1. The predicted molar refractivity (Wildman–Crippen MR) is 80.6 cm³/mol. The molecular formula is C15H18BrNO3. The van der Waals surface area contributed by atoms with E-state index >= 15 is 0 Å². The number of carbonyl (C=O) groups is 2. The average Bonchev–Trinajstić information content (AvgIpc) is 2.42. The van der Waals surface area contributed by atoms with Crippen molar-refractivity contribution in [1.29, 1.82) is 0 Å². The molecule has 0 aliphatic heterocycles. The van der Waals surface area contributed by atoms with E-state index in [0.717, 1.165) is 15.7 Å². The Kier molecular flexibility index (Phi) is 4.81. The molecule has 2 rings (SSSR count). The van der Waals surface area contributed by atoms with E-state index in [0.29, 0.717) is 25.7 Å². The maximum atomic E-state index is 12.2. The number of rotatable bonds is 3. The Balaban J connectivity index is 1.94. The molecule has 0 spiro atoms. The van der Waals surface area contributed by atoms with Gasteiger partial charge in [-0.25, -0.2) is 0 Å². The highest BCUT2D eigenvalue weighted by atomic mass is 79.9. The third-order valence-corrected chi connectivity index (χ3v) is 4.39. The zero-order chi connectivity index (χ0) is 14.7. The standard InChI is InChI=1S/C15H18BrNO3/c1-9-8-12(16)6-7-13(9)17-14(18)10-2-4-11(5-3-10)15(19)20/h6-8,10-11H,2-5H2,1H3,(H,17,18)(H,19,20). The molecule has 1 fully saturated rings. The molecule has 1 saturated carbocycles. The van der Waals surface area contributed by atoms with Crippen molar-refractivity contribution in [3.05, 3.63) is 28.2 Å². The second kappa shape index (κ2) is 6.39. The van der Waals surface area contributed by atoms with Gasteiger partial charge in [0.1, 0.15) is 0 Å². The summed E-state index contributed by atoms with van der Waals surface area (Å²) in [4.78, 5) is 23.1. The summed E-state index contributed by atoms with van der Waals surface area (Å²) in [5.41, 5.74) is 1.82. The van der Waals surface area contributed by atoms with Crippen LogP contribution in [-0.4, -0.2) is 17.0 Å². The maximum Gasteiger partial charge on any atom is 0.306 e. The Morgan fingerprint density at radius 1 is 1.20 bits per heavy atom. The number of halogens is 1. The molecular weight excluding hydrogens is 322 g/mol. The minimum atomic E-state index is -0.743. The molecule has 0 heterocycles. The fraction of sp³-hybridized carbons (Fsp3) is 0.467. The van der Waals surface area contributed by atoms with Crippen molar-refractivity contribution in [2.24, 2.45) is 11.8 Å². The zero-order valence-corrected chi connectivity index (χ0v) is 12.9. The summed E-state index contributed by atoms with van der Waals surface area (Å²) in [6, 6.07) is 5.72. The number of amides is 1. The SMILES string of the molecule is Cc1cc(Br)ccc1NC(=O)C1CCC(C(=O)O)CC1. The van der Waals surface area contributed by atoms with E-state index in [-0.39, 0.29) is 17.7 Å². The molecule has 0 bridgehead atoms. The first kappa shape index (κ1) is 15.0. The molecule has 2 N–H and O–H groups in total. The van der Waals surface area contributed by atoms with Crippen molar-refractivity contribution in [3.8, 4) is 0 Å². The van der Waals surface area contributed by atoms with E-state index in [1.54, 1.807) is 0 Å². The Morgan fingerprint density at radius 3 is 2.35 bits per heavy atom. The first-order valence-corrected chi connectivity index (χ1v) is 7.56. The van der Waals surface area contributed by atoms with Gasteiger partial charge in [0.2, 0.25) is 5.91 Å². The smallest absolute Gasteiger partial charge is 0.306 e. The van der Waals surface area contributed by atoms with Crippen LogP contribution in [0.1, 0.15) is 31.2 Å². The monoisotopic (exact) mass is 339 g/mol. The summed E-state index contributed by atoms with van der Waals surface area (Å²) in [5.74, 6) is -1.10. The highest BCUT2D eigenvalue weighted by molar-refractivity contribution is 9.10. The lowest BCUT2D eigenvalue weighted by Gasteiger charge is -2.25. The number of carboxylic acid groups (broad SMARTS) is 1. The van der Waals surface area contributed by atoms with Crippen LogP contribution in [0.2, 0.25) is 0 Å². The summed E-state index contributed by atoms with van der Waals surface area (Å²) in [5, 5.41) is 11.9. The van der Waals surface area contributed by atoms with Crippen molar-refractivity contribution in [3.63, 3.8) is 0 Å². The molecule has 108 valence electrons. The molecule has 0 saturated heterocycles. The van der Waals surface area contributed by atoms with Gasteiger partial charge in [-0.3, -0.25) is 9.59 Å². The Hall–Kier alpha value is -1.36. The fourth-order valence-electron chi connectivity index (χ4n) is 2.60. The number of benzene rings is 1. The lowest BCUT2D eigenvalue weighted by molar-refractivity contribution is -0.143. The molecule has 5 heteroatoms. The van der Waals surface area contributed by atoms with E-state index < -0.39 is 5.97 Å². The summed E-state index contributed by atoms with van der Waals surface area (Å²) < 4.78 is 0.981. The highest BCUT2D eigenvalue weighted by Gasteiger charge is 2.29. The van der Waals surface area contributed by atoms with Crippen LogP contribution in [0, 0.1) is 18.8 Å². The van der Waals surface area contributed by atoms with Crippen LogP contribution in [0.15, 0.2) is 22.7 Å². The molecule has 4 nitrogen and oxygen atoms in total. The Bertz CT molecular complexity index is 522. The molecule has 1 aliphatic rings. The number of hydrogen-bond donors (Lipinski definition) is 2. The van der Waals surface area contributed by atoms with Gasteiger partial charge < -0.3 is 10.4 Å². The number of anilines is 1. The molecule has 1 aromatic rings. The number of carboxylic acids is 1. The number of hydrogen-bond acceptors (Lipinski definition) is 2. The summed E-state index contributed by atoms with van der Waals surface area (Å²) in [6.07, 6.45) is 2.48. The van der Waals surface area contributed by atoms with Gasteiger partial charge in [0, 0.05) is 16.1 Å². The third-order valence-electron chi connectivity index (χ3n) is 3.89. The highest BCUT2D eigenvalue weighted by Crippen LogP contribution is 2.30. The topological polar surface area (TPSA) is 66.4 Å². The minimum absolute atomic E-state index is 0.000684. The van der Waals surface area contributed by atoms with Crippen LogP contribution in [0.3, 0.4) is 0 Å². The van der Waals surface area contributed by atoms with E-state index in [4.69, 9.17) is 5.11 Å². The van der Waals surface area contributed by atoms with E-state index in [9.17, 15) is 9.59 Å². The second-order valence-corrected chi connectivity index (χ2v) is 6.25. The van der Waals surface area contributed by atoms with Gasteiger partial charge in [-0.15, -0.1) is 0 Å². The van der Waals surface area contributed by atoms with E-state index in [1.807, 2.05) is 25.1 Å². The Morgan fingerprint density at radius 2 is 1.80 bits per heavy atom. The lowest BCUT2D eigenvalue weighted by Crippen LogP contribution is -2.29. The van der Waals surface area contributed by atoms with E-state index in [1.165, 1.54) is 0 Å². The summed E-state index contributed by atoms with van der Waals surface area (Å²) in [7, 11) is 0. The van der Waals surface area contributed by atoms with Crippen molar-refractivity contribution < 1.29 is 14.7 Å². The number of carbonyl (C=O) groups excluding carboxylic acids is 1. The van der Waals surface area contributed by atoms with Gasteiger partial charge in [-0.1, -0.05) is 15.9 Å². The van der Waals surface area contributed by atoms with Gasteiger partial charge in [-0.2, -0.15) is 0 Å².